The molecule has 1 atom stereocenters. The molecule has 0 aliphatic rings. The molecule has 2 N–H and O–H groups in total. The molecule has 1 unspecified atom stereocenters. The number of hydrogen-bond acceptors (Lipinski definition) is 2. The number of rotatable bonds is 7. The minimum Gasteiger partial charge on any atom is -0.323 e. The highest BCUT2D eigenvalue weighted by molar-refractivity contribution is 5.86. The monoisotopic (exact) mass is 270 g/mol. The second-order valence-corrected chi connectivity index (χ2v) is 5.64. The smallest absolute Gasteiger partial charge is 0.0430 e. The Balaban J connectivity index is 2.05. The summed E-state index contributed by atoms with van der Waals surface area (Å²) in [6.07, 6.45) is 3.83. The Morgan fingerprint density at radius 2 is 1.80 bits per heavy atom. The SMILES string of the molecule is CCCCCN(C)CC(N)c1cccc2ccccc12. The summed E-state index contributed by atoms with van der Waals surface area (Å²) in [5.74, 6) is 0. The third-order valence-corrected chi connectivity index (χ3v) is 3.87. The van der Waals surface area contributed by atoms with Gasteiger partial charge in [-0.1, -0.05) is 62.2 Å². The summed E-state index contributed by atoms with van der Waals surface area (Å²) in [6, 6.07) is 15.0. The Bertz CT molecular complexity index is 530. The number of fused-ring (bicyclic) bond motifs is 1. The Kier molecular flexibility index (Phi) is 5.57. The van der Waals surface area contributed by atoms with Crippen LogP contribution in [0.5, 0.6) is 0 Å². The van der Waals surface area contributed by atoms with E-state index in [1.54, 1.807) is 0 Å². The molecule has 108 valence electrons. The van der Waals surface area contributed by atoms with Crippen LogP contribution in [0, 0.1) is 0 Å². The quantitative estimate of drug-likeness (QED) is 0.772. The van der Waals surface area contributed by atoms with Gasteiger partial charge >= 0.3 is 0 Å². The average Bonchev–Trinajstić information content (AvgIpc) is 2.47. The molecule has 0 aliphatic carbocycles. The average molecular weight is 270 g/mol. The van der Waals surface area contributed by atoms with Gasteiger partial charge < -0.3 is 10.6 Å². The lowest BCUT2D eigenvalue weighted by Crippen LogP contribution is -2.30. The van der Waals surface area contributed by atoms with Crippen LogP contribution >= 0.6 is 0 Å². The summed E-state index contributed by atoms with van der Waals surface area (Å²) in [5.41, 5.74) is 7.68. The van der Waals surface area contributed by atoms with Crippen molar-refractivity contribution in [2.45, 2.75) is 32.2 Å². The van der Waals surface area contributed by atoms with E-state index >= 15 is 0 Å². The van der Waals surface area contributed by atoms with Crippen LogP contribution in [-0.2, 0) is 0 Å². The second-order valence-electron chi connectivity index (χ2n) is 5.64. The molecule has 0 saturated carbocycles. The molecule has 0 aromatic heterocycles. The van der Waals surface area contributed by atoms with Gasteiger partial charge in [-0.25, -0.2) is 0 Å². The summed E-state index contributed by atoms with van der Waals surface area (Å²) in [6.45, 7) is 4.28. The molecule has 20 heavy (non-hydrogen) atoms. The molecular weight excluding hydrogens is 244 g/mol. The van der Waals surface area contributed by atoms with Crippen molar-refractivity contribution in [3.8, 4) is 0 Å². The van der Waals surface area contributed by atoms with Crippen LogP contribution in [0.25, 0.3) is 10.8 Å². The van der Waals surface area contributed by atoms with Crippen molar-refractivity contribution in [3.05, 3.63) is 48.0 Å². The third-order valence-electron chi connectivity index (χ3n) is 3.87. The van der Waals surface area contributed by atoms with Crippen LogP contribution in [0.15, 0.2) is 42.5 Å². The second kappa shape index (κ2) is 7.41. The summed E-state index contributed by atoms with van der Waals surface area (Å²) < 4.78 is 0. The number of hydrogen-bond donors (Lipinski definition) is 1. The van der Waals surface area contributed by atoms with E-state index in [1.165, 1.54) is 35.6 Å². The number of likely N-dealkylation sites (N-methyl/N-ethyl adjacent to an activating group) is 1. The zero-order chi connectivity index (χ0) is 14.4. The maximum atomic E-state index is 6.42. The Morgan fingerprint density at radius 3 is 2.60 bits per heavy atom. The standard InChI is InChI=1S/C18H26N2/c1-3-4-7-13-20(2)14-18(19)17-12-8-10-15-9-5-6-11-16(15)17/h5-6,8-12,18H,3-4,7,13-14,19H2,1-2H3. The van der Waals surface area contributed by atoms with Gasteiger partial charge in [-0.3, -0.25) is 0 Å². The van der Waals surface area contributed by atoms with E-state index in [0.717, 1.165) is 13.1 Å². The highest BCUT2D eigenvalue weighted by Crippen LogP contribution is 2.23. The minimum absolute atomic E-state index is 0.0766. The first kappa shape index (κ1) is 15.0. The third kappa shape index (κ3) is 3.81. The summed E-state index contributed by atoms with van der Waals surface area (Å²) in [5, 5.41) is 2.55. The topological polar surface area (TPSA) is 29.3 Å². The Labute approximate surface area is 122 Å². The largest absolute Gasteiger partial charge is 0.323 e. The summed E-state index contributed by atoms with van der Waals surface area (Å²) in [4.78, 5) is 2.35. The Morgan fingerprint density at radius 1 is 1.05 bits per heavy atom. The molecule has 2 nitrogen and oxygen atoms in total. The maximum absolute atomic E-state index is 6.42. The molecule has 0 saturated heterocycles. The fraction of sp³-hybridized carbons (Fsp3) is 0.444. The van der Waals surface area contributed by atoms with E-state index in [4.69, 9.17) is 5.73 Å². The van der Waals surface area contributed by atoms with Crippen molar-refractivity contribution in [1.29, 1.82) is 0 Å². The van der Waals surface area contributed by atoms with Gasteiger partial charge in [0.2, 0.25) is 0 Å². The molecule has 0 bridgehead atoms. The van der Waals surface area contributed by atoms with Crippen molar-refractivity contribution >= 4 is 10.8 Å². The molecule has 0 aliphatic heterocycles. The first-order valence-electron chi connectivity index (χ1n) is 7.64. The van der Waals surface area contributed by atoms with Gasteiger partial charge in [0.25, 0.3) is 0 Å². The highest BCUT2D eigenvalue weighted by atomic mass is 15.1. The minimum atomic E-state index is 0.0766. The van der Waals surface area contributed by atoms with E-state index in [2.05, 4.69) is 61.3 Å². The molecule has 0 fully saturated rings. The fourth-order valence-electron chi connectivity index (χ4n) is 2.73. The first-order chi connectivity index (χ1) is 9.72. The summed E-state index contributed by atoms with van der Waals surface area (Å²) in [7, 11) is 2.17. The van der Waals surface area contributed by atoms with Gasteiger partial charge in [0.05, 0.1) is 0 Å². The van der Waals surface area contributed by atoms with Crippen molar-refractivity contribution in [2.24, 2.45) is 5.73 Å². The zero-order valence-corrected chi connectivity index (χ0v) is 12.7. The van der Waals surface area contributed by atoms with E-state index in [9.17, 15) is 0 Å². The van der Waals surface area contributed by atoms with Crippen molar-refractivity contribution in [2.75, 3.05) is 20.1 Å². The van der Waals surface area contributed by atoms with Crippen LogP contribution in [0.4, 0.5) is 0 Å². The number of nitrogens with zero attached hydrogens (tertiary/aromatic N) is 1. The van der Waals surface area contributed by atoms with Gasteiger partial charge in [0.1, 0.15) is 0 Å². The lowest BCUT2D eigenvalue weighted by molar-refractivity contribution is 0.306. The lowest BCUT2D eigenvalue weighted by Gasteiger charge is -2.22. The van der Waals surface area contributed by atoms with Gasteiger partial charge in [-0.15, -0.1) is 0 Å². The molecule has 0 radical (unpaired) electrons. The lowest BCUT2D eigenvalue weighted by atomic mass is 9.99. The van der Waals surface area contributed by atoms with Crippen LogP contribution in [0.3, 0.4) is 0 Å². The van der Waals surface area contributed by atoms with E-state index in [-0.39, 0.29) is 6.04 Å². The normalized spacial score (nSPS) is 13.0. The van der Waals surface area contributed by atoms with Crippen LogP contribution < -0.4 is 5.73 Å². The highest BCUT2D eigenvalue weighted by Gasteiger charge is 2.11. The maximum Gasteiger partial charge on any atom is 0.0430 e. The van der Waals surface area contributed by atoms with E-state index < -0.39 is 0 Å². The molecule has 0 amide bonds. The van der Waals surface area contributed by atoms with Crippen LogP contribution in [-0.4, -0.2) is 25.0 Å². The van der Waals surface area contributed by atoms with Gasteiger partial charge in [-0.2, -0.15) is 0 Å². The molecular formula is C18H26N2. The molecule has 0 heterocycles. The molecule has 2 aromatic carbocycles. The first-order valence-corrected chi connectivity index (χ1v) is 7.64. The van der Waals surface area contributed by atoms with Crippen molar-refractivity contribution in [3.63, 3.8) is 0 Å². The fourth-order valence-corrected chi connectivity index (χ4v) is 2.73. The Hall–Kier alpha value is -1.38. The number of benzene rings is 2. The molecule has 2 heteroatoms. The predicted octanol–water partition coefficient (Wildman–Crippen LogP) is 3.96. The van der Waals surface area contributed by atoms with E-state index in [1.807, 2.05) is 0 Å². The molecule has 0 spiro atoms. The van der Waals surface area contributed by atoms with Gasteiger partial charge in [0.15, 0.2) is 0 Å². The van der Waals surface area contributed by atoms with Gasteiger partial charge in [0, 0.05) is 12.6 Å². The van der Waals surface area contributed by atoms with E-state index in [0.29, 0.717) is 0 Å². The van der Waals surface area contributed by atoms with Crippen molar-refractivity contribution in [1.82, 2.24) is 4.90 Å². The predicted molar refractivity (Wildman–Crippen MR) is 87.9 cm³/mol. The van der Waals surface area contributed by atoms with Crippen LogP contribution in [0.2, 0.25) is 0 Å². The number of nitrogens with two attached hydrogens (primary N) is 1. The molecule has 2 aromatic rings. The van der Waals surface area contributed by atoms with Gasteiger partial charge in [-0.05, 0) is 36.3 Å². The van der Waals surface area contributed by atoms with Crippen molar-refractivity contribution < 1.29 is 0 Å². The van der Waals surface area contributed by atoms with Crippen LogP contribution in [0.1, 0.15) is 37.8 Å². The molecule has 2 rings (SSSR count). The number of unbranched alkanes of at least 4 members (excludes halogenated alkanes) is 2. The zero-order valence-electron chi connectivity index (χ0n) is 12.7. The summed E-state index contributed by atoms with van der Waals surface area (Å²) >= 11 is 0.